The third-order valence-corrected chi connectivity index (χ3v) is 7.23. The molecule has 0 radical (unpaired) electrons. The van der Waals surface area contributed by atoms with E-state index in [0.29, 0.717) is 45.9 Å². The maximum Gasteiger partial charge on any atom is 0.229 e. The quantitative estimate of drug-likeness (QED) is 0.260. The predicted octanol–water partition coefficient (Wildman–Crippen LogP) is 6.08. The molecule has 0 unspecified atom stereocenters. The topological polar surface area (TPSA) is 64.6 Å². The fourth-order valence-electron chi connectivity index (χ4n) is 3.23. The number of methoxy groups -OCH3 is 2. The van der Waals surface area contributed by atoms with Gasteiger partial charge in [0.05, 0.1) is 26.5 Å². The molecule has 33 heavy (non-hydrogen) atoms. The molecule has 0 saturated carbocycles. The van der Waals surface area contributed by atoms with Gasteiger partial charge in [-0.05, 0) is 48.5 Å². The maximum atomic E-state index is 13.3. The van der Waals surface area contributed by atoms with E-state index in [9.17, 15) is 4.79 Å². The van der Waals surface area contributed by atoms with Crippen LogP contribution in [0.4, 0.5) is 5.13 Å². The number of aromatic nitrogens is 2. The van der Waals surface area contributed by atoms with Crippen molar-refractivity contribution in [3.8, 4) is 11.5 Å². The molecule has 0 aliphatic carbocycles. The molecule has 2 aromatic carbocycles. The summed E-state index contributed by atoms with van der Waals surface area (Å²) in [7, 11) is 3.22. The Labute approximate surface area is 205 Å². The van der Waals surface area contributed by atoms with Crippen LogP contribution < -0.4 is 14.4 Å². The number of amides is 1. The number of rotatable bonds is 9. The number of carbonyl (C=O) groups excluding carboxylic acids is 1. The number of hydrogen-bond acceptors (Lipinski definition) is 7. The van der Waals surface area contributed by atoms with Crippen molar-refractivity contribution in [3.63, 3.8) is 0 Å². The molecule has 2 heterocycles. The summed E-state index contributed by atoms with van der Waals surface area (Å²) >= 11 is 8.98. The number of halogens is 1. The number of thioether (sulfide) groups is 1. The van der Waals surface area contributed by atoms with Crippen molar-refractivity contribution < 1.29 is 14.3 Å². The first-order valence-corrected chi connectivity index (χ1v) is 12.4. The number of pyridine rings is 1. The van der Waals surface area contributed by atoms with E-state index in [1.807, 2.05) is 54.6 Å². The number of carbonyl (C=O) groups is 1. The van der Waals surface area contributed by atoms with Gasteiger partial charge in [0, 0.05) is 28.3 Å². The number of ether oxygens (including phenoxy) is 2. The van der Waals surface area contributed by atoms with Crippen LogP contribution in [0.3, 0.4) is 0 Å². The highest BCUT2D eigenvalue weighted by atomic mass is 35.5. The highest BCUT2D eigenvalue weighted by Gasteiger charge is 2.23. The Balaban J connectivity index is 1.60. The van der Waals surface area contributed by atoms with Crippen LogP contribution in [-0.4, -0.2) is 35.8 Å². The Hall–Kier alpha value is -2.81. The smallest absolute Gasteiger partial charge is 0.229 e. The van der Waals surface area contributed by atoms with Gasteiger partial charge in [0.2, 0.25) is 5.91 Å². The molecule has 0 atom stereocenters. The Morgan fingerprint density at radius 3 is 2.52 bits per heavy atom. The van der Waals surface area contributed by atoms with E-state index in [1.165, 1.54) is 11.3 Å². The summed E-state index contributed by atoms with van der Waals surface area (Å²) in [6.07, 6.45) is 2.07. The largest absolute Gasteiger partial charge is 0.495 e. The molecule has 4 rings (SSSR count). The molecule has 0 aliphatic rings. The first-order chi connectivity index (χ1) is 16.1. The van der Waals surface area contributed by atoms with Gasteiger partial charge in [-0.1, -0.05) is 29.0 Å². The fraction of sp³-hybridized carbons (Fsp3) is 0.208. The van der Waals surface area contributed by atoms with Crippen LogP contribution in [0.15, 0.2) is 65.7 Å². The van der Waals surface area contributed by atoms with E-state index in [0.717, 1.165) is 15.3 Å². The van der Waals surface area contributed by atoms with E-state index in [-0.39, 0.29) is 5.91 Å². The van der Waals surface area contributed by atoms with Crippen LogP contribution in [0.1, 0.15) is 12.1 Å². The predicted molar refractivity (Wildman–Crippen MR) is 135 cm³/mol. The highest BCUT2D eigenvalue weighted by Crippen LogP contribution is 2.40. The van der Waals surface area contributed by atoms with Gasteiger partial charge in [0.1, 0.15) is 21.7 Å². The van der Waals surface area contributed by atoms with Crippen molar-refractivity contribution in [3.05, 3.63) is 71.5 Å². The summed E-state index contributed by atoms with van der Waals surface area (Å²) in [4.78, 5) is 25.3. The lowest BCUT2D eigenvalue weighted by atomic mass is 10.3. The average molecular weight is 500 g/mol. The lowest BCUT2D eigenvalue weighted by molar-refractivity contribution is -0.118. The first-order valence-electron chi connectivity index (χ1n) is 10.2. The van der Waals surface area contributed by atoms with E-state index in [4.69, 9.17) is 26.1 Å². The third-order valence-electron chi connectivity index (χ3n) is 4.88. The molecule has 6 nitrogen and oxygen atoms in total. The Morgan fingerprint density at radius 2 is 1.82 bits per heavy atom. The minimum atomic E-state index is -0.0286. The molecule has 0 aliphatic heterocycles. The summed E-state index contributed by atoms with van der Waals surface area (Å²) in [6, 6.07) is 16.9. The summed E-state index contributed by atoms with van der Waals surface area (Å²) in [6.45, 7) is 0.329. The Morgan fingerprint density at radius 1 is 1.06 bits per heavy atom. The van der Waals surface area contributed by atoms with Gasteiger partial charge in [-0.2, -0.15) is 0 Å². The normalized spacial score (nSPS) is 10.9. The van der Waals surface area contributed by atoms with Gasteiger partial charge >= 0.3 is 0 Å². The summed E-state index contributed by atoms with van der Waals surface area (Å²) in [5, 5.41) is 1.28. The second-order valence-corrected chi connectivity index (χ2v) is 9.58. The average Bonchev–Trinajstić information content (AvgIpc) is 3.29. The van der Waals surface area contributed by atoms with Crippen LogP contribution >= 0.6 is 34.7 Å². The zero-order valence-electron chi connectivity index (χ0n) is 18.2. The van der Waals surface area contributed by atoms with Crippen LogP contribution in [0.2, 0.25) is 5.02 Å². The fourth-order valence-corrected chi connectivity index (χ4v) is 5.29. The van der Waals surface area contributed by atoms with Gasteiger partial charge in [0.15, 0.2) is 5.13 Å². The molecule has 0 saturated heterocycles. The second kappa shape index (κ2) is 10.9. The van der Waals surface area contributed by atoms with E-state index in [1.54, 1.807) is 37.1 Å². The van der Waals surface area contributed by atoms with E-state index < -0.39 is 0 Å². The molecule has 0 N–H and O–H groups in total. The van der Waals surface area contributed by atoms with Gasteiger partial charge in [-0.25, -0.2) is 4.98 Å². The number of benzene rings is 2. The third kappa shape index (κ3) is 5.58. The zero-order valence-corrected chi connectivity index (χ0v) is 20.5. The zero-order chi connectivity index (χ0) is 23.2. The molecule has 4 aromatic rings. The number of nitrogens with zero attached hydrogens (tertiary/aromatic N) is 3. The number of fused-ring (bicyclic) bond motifs is 1. The molecule has 170 valence electrons. The van der Waals surface area contributed by atoms with Gasteiger partial charge < -0.3 is 9.47 Å². The lowest BCUT2D eigenvalue weighted by Crippen LogP contribution is -2.30. The molecule has 2 aromatic heterocycles. The SMILES string of the molecule is COc1ccc(OC)c2sc(N(Cc3ccccn3)C(=O)CCSc3ccc(Cl)cc3)nc12. The molecule has 0 bridgehead atoms. The molecule has 0 spiro atoms. The Bertz CT molecular complexity index is 1190. The van der Waals surface area contributed by atoms with Crippen molar-refractivity contribution in [1.82, 2.24) is 9.97 Å². The molecular formula is C24H22ClN3O3S2. The summed E-state index contributed by atoms with van der Waals surface area (Å²) in [5.41, 5.74) is 1.46. The van der Waals surface area contributed by atoms with Crippen molar-refractivity contribution in [2.24, 2.45) is 0 Å². The number of thiazole rings is 1. The van der Waals surface area contributed by atoms with Crippen LogP contribution in [-0.2, 0) is 11.3 Å². The molecular weight excluding hydrogens is 478 g/mol. The Kier molecular flexibility index (Phi) is 7.69. The van der Waals surface area contributed by atoms with Gasteiger partial charge in [0.25, 0.3) is 0 Å². The minimum Gasteiger partial charge on any atom is -0.495 e. The van der Waals surface area contributed by atoms with Crippen molar-refractivity contribution >= 4 is 56.0 Å². The van der Waals surface area contributed by atoms with Crippen molar-refractivity contribution in [1.29, 1.82) is 0 Å². The highest BCUT2D eigenvalue weighted by molar-refractivity contribution is 7.99. The van der Waals surface area contributed by atoms with Crippen LogP contribution in [0.25, 0.3) is 10.2 Å². The van der Waals surface area contributed by atoms with E-state index >= 15 is 0 Å². The van der Waals surface area contributed by atoms with Crippen molar-refractivity contribution in [2.45, 2.75) is 17.9 Å². The summed E-state index contributed by atoms with van der Waals surface area (Å²) < 4.78 is 11.8. The standard InChI is InChI=1S/C24H22ClN3O3S2/c1-30-19-10-11-20(31-2)23-22(19)27-24(33-23)28(15-17-5-3-4-13-26-17)21(29)12-14-32-18-8-6-16(25)7-9-18/h3-11,13H,12,14-15H2,1-2H3. The van der Waals surface area contributed by atoms with Crippen LogP contribution in [0.5, 0.6) is 11.5 Å². The monoisotopic (exact) mass is 499 g/mol. The maximum absolute atomic E-state index is 13.3. The second-order valence-electron chi connectivity index (χ2n) is 7.00. The van der Waals surface area contributed by atoms with Gasteiger partial charge in [-0.15, -0.1) is 11.8 Å². The molecule has 1 amide bonds. The van der Waals surface area contributed by atoms with Crippen LogP contribution in [0, 0.1) is 0 Å². The number of hydrogen-bond donors (Lipinski definition) is 0. The number of anilines is 1. The molecule has 9 heteroatoms. The lowest BCUT2D eigenvalue weighted by Gasteiger charge is -2.19. The molecule has 0 fully saturated rings. The van der Waals surface area contributed by atoms with E-state index in [2.05, 4.69) is 4.98 Å². The summed E-state index contributed by atoms with van der Waals surface area (Å²) in [5.74, 6) is 1.94. The minimum absolute atomic E-state index is 0.0286. The first kappa shape index (κ1) is 23.4. The van der Waals surface area contributed by atoms with Gasteiger partial charge in [-0.3, -0.25) is 14.7 Å². The van der Waals surface area contributed by atoms with Crippen molar-refractivity contribution in [2.75, 3.05) is 24.9 Å².